The molecule has 0 saturated carbocycles. The smallest absolute Gasteiger partial charge is 0.163 e. The van der Waals surface area contributed by atoms with Crippen molar-refractivity contribution in [1.29, 1.82) is 0 Å². The molecular weight excluding hydrogens is 234 g/mol. The third-order valence-corrected chi connectivity index (χ3v) is 3.03. The lowest BCUT2D eigenvalue weighted by Crippen LogP contribution is -2.41. The van der Waals surface area contributed by atoms with Crippen LogP contribution >= 0.6 is 0 Å². The lowest BCUT2D eigenvalue weighted by molar-refractivity contribution is -0.0778. The first-order valence-corrected chi connectivity index (χ1v) is 7.75. The number of hydrogen-bond acceptors (Lipinski definition) is 2. The molecular formula is C15H34B2O2. The molecule has 0 heterocycles. The van der Waals surface area contributed by atoms with Gasteiger partial charge in [0.2, 0.25) is 0 Å². The SMILES string of the molecule is CC(C)BC(C)(C)OCC(C)OC(C)(C)BC(C)C. The van der Waals surface area contributed by atoms with Crippen LogP contribution in [0.2, 0.25) is 11.6 Å². The van der Waals surface area contributed by atoms with Crippen molar-refractivity contribution in [3.63, 3.8) is 0 Å². The van der Waals surface area contributed by atoms with Crippen molar-refractivity contribution in [2.45, 2.75) is 91.1 Å². The van der Waals surface area contributed by atoms with Crippen LogP contribution in [0.15, 0.2) is 0 Å². The first-order valence-electron chi connectivity index (χ1n) is 7.75. The quantitative estimate of drug-likeness (QED) is 0.596. The van der Waals surface area contributed by atoms with E-state index in [9.17, 15) is 0 Å². The second-order valence-corrected chi connectivity index (χ2v) is 7.95. The maximum absolute atomic E-state index is 6.12. The summed E-state index contributed by atoms with van der Waals surface area (Å²) in [6.07, 6.45) is 0.139. The van der Waals surface area contributed by atoms with Gasteiger partial charge < -0.3 is 9.47 Å². The van der Waals surface area contributed by atoms with Gasteiger partial charge in [0.15, 0.2) is 14.6 Å². The summed E-state index contributed by atoms with van der Waals surface area (Å²) < 4.78 is 12.2. The fourth-order valence-corrected chi connectivity index (χ4v) is 2.99. The summed E-state index contributed by atoms with van der Waals surface area (Å²) >= 11 is 0. The van der Waals surface area contributed by atoms with Crippen LogP contribution in [0, 0.1) is 0 Å². The zero-order valence-electron chi connectivity index (χ0n) is 14.7. The minimum atomic E-state index is -0.0703. The van der Waals surface area contributed by atoms with Gasteiger partial charge in [-0.2, -0.15) is 0 Å². The van der Waals surface area contributed by atoms with Crippen molar-refractivity contribution < 1.29 is 9.47 Å². The van der Waals surface area contributed by atoms with E-state index in [-0.39, 0.29) is 17.1 Å². The van der Waals surface area contributed by atoms with Crippen LogP contribution in [-0.2, 0) is 9.47 Å². The molecule has 0 bridgehead atoms. The van der Waals surface area contributed by atoms with E-state index in [4.69, 9.17) is 9.47 Å². The summed E-state index contributed by atoms with van der Waals surface area (Å²) in [5.74, 6) is 1.31. The number of rotatable bonds is 9. The second kappa shape index (κ2) is 7.73. The third kappa shape index (κ3) is 10.5. The van der Waals surface area contributed by atoms with Gasteiger partial charge in [-0.05, 0) is 34.6 Å². The molecule has 0 aromatic rings. The van der Waals surface area contributed by atoms with E-state index in [2.05, 4.69) is 62.3 Å². The molecule has 0 aliphatic heterocycles. The summed E-state index contributed by atoms with van der Waals surface area (Å²) in [5.41, 5.74) is -0.132. The van der Waals surface area contributed by atoms with Crippen molar-refractivity contribution in [2.75, 3.05) is 6.61 Å². The minimum Gasteiger partial charge on any atom is -0.382 e. The molecule has 0 aromatic heterocycles. The van der Waals surface area contributed by atoms with E-state index < -0.39 is 0 Å². The molecule has 112 valence electrons. The zero-order valence-corrected chi connectivity index (χ0v) is 14.7. The Hall–Kier alpha value is 0.0499. The topological polar surface area (TPSA) is 18.5 Å². The Kier molecular flexibility index (Phi) is 7.75. The molecule has 1 unspecified atom stereocenters. The van der Waals surface area contributed by atoms with Gasteiger partial charge in [0.25, 0.3) is 0 Å². The van der Waals surface area contributed by atoms with E-state index in [0.29, 0.717) is 18.2 Å². The van der Waals surface area contributed by atoms with Crippen molar-refractivity contribution in [2.24, 2.45) is 0 Å². The molecule has 2 nitrogen and oxygen atoms in total. The van der Waals surface area contributed by atoms with Crippen molar-refractivity contribution in [3.8, 4) is 0 Å². The van der Waals surface area contributed by atoms with E-state index in [0.717, 1.165) is 14.6 Å². The average molecular weight is 268 g/mol. The van der Waals surface area contributed by atoms with Crippen LogP contribution in [0.3, 0.4) is 0 Å². The Morgan fingerprint density at radius 2 is 1.21 bits per heavy atom. The van der Waals surface area contributed by atoms with E-state index >= 15 is 0 Å². The highest BCUT2D eigenvalue weighted by Gasteiger charge is 2.27. The molecule has 0 spiro atoms. The van der Waals surface area contributed by atoms with Gasteiger partial charge in [0.1, 0.15) is 0 Å². The highest BCUT2D eigenvalue weighted by atomic mass is 16.6. The summed E-state index contributed by atoms with van der Waals surface area (Å²) in [7, 11) is 2.15. The third-order valence-electron chi connectivity index (χ3n) is 3.03. The molecule has 0 saturated heterocycles. The molecule has 0 radical (unpaired) electrons. The zero-order chi connectivity index (χ0) is 15.3. The van der Waals surface area contributed by atoms with E-state index in [1.165, 1.54) is 0 Å². The number of ether oxygens (including phenoxy) is 2. The lowest BCUT2D eigenvalue weighted by Gasteiger charge is -2.33. The van der Waals surface area contributed by atoms with Crippen LogP contribution in [0.25, 0.3) is 0 Å². The molecule has 19 heavy (non-hydrogen) atoms. The normalized spacial score (nSPS) is 14.9. The van der Waals surface area contributed by atoms with Gasteiger partial charge in [-0.3, -0.25) is 0 Å². The Morgan fingerprint density at radius 3 is 1.63 bits per heavy atom. The molecule has 0 aromatic carbocycles. The first kappa shape index (κ1) is 19.0. The molecule has 0 aliphatic carbocycles. The Bertz CT molecular complexity index is 251. The van der Waals surface area contributed by atoms with Gasteiger partial charge >= 0.3 is 0 Å². The molecule has 0 rings (SSSR count). The lowest BCUT2D eigenvalue weighted by atomic mass is 9.54. The largest absolute Gasteiger partial charge is 0.382 e. The summed E-state index contributed by atoms with van der Waals surface area (Å²) in [6.45, 7) is 20.4. The Labute approximate surface area is 122 Å². The maximum Gasteiger partial charge on any atom is 0.163 e. The average Bonchev–Trinajstić information content (AvgIpc) is 2.09. The Balaban J connectivity index is 4.14. The first-order chi connectivity index (χ1) is 8.43. The fourth-order valence-electron chi connectivity index (χ4n) is 2.99. The summed E-state index contributed by atoms with van der Waals surface area (Å²) in [6, 6.07) is 0. The van der Waals surface area contributed by atoms with E-state index in [1.807, 2.05) is 0 Å². The predicted octanol–water partition coefficient (Wildman–Crippen LogP) is 3.41. The summed E-state index contributed by atoms with van der Waals surface area (Å²) in [4.78, 5) is 0. The molecule has 0 fully saturated rings. The number of hydrogen-bond donors (Lipinski definition) is 0. The van der Waals surface area contributed by atoms with Crippen LogP contribution in [-0.4, -0.2) is 38.3 Å². The molecule has 4 heteroatoms. The predicted molar refractivity (Wildman–Crippen MR) is 89.2 cm³/mol. The van der Waals surface area contributed by atoms with Crippen LogP contribution < -0.4 is 0 Å². The van der Waals surface area contributed by atoms with Gasteiger partial charge in [0.05, 0.1) is 12.7 Å². The molecule has 0 aliphatic rings. The van der Waals surface area contributed by atoms with Gasteiger partial charge in [0, 0.05) is 11.0 Å². The van der Waals surface area contributed by atoms with Gasteiger partial charge in [-0.25, -0.2) is 0 Å². The van der Waals surface area contributed by atoms with Gasteiger partial charge in [-0.1, -0.05) is 39.3 Å². The van der Waals surface area contributed by atoms with Crippen molar-refractivity contribution in [3.05, 3.63) is 0 Å². The van der Waals surface area contributed by atoms with Gasteiger partial charge in [-0.15, -0.1) is 0 Å². The van der Waals surface area contributed by atoms with Crippen molar-refractivity contribution in [1.82, 2.24) is 0 Å². The van der Waals surface area contributed by atoms with Crippen molar-refractivity contribution >= 4 is 14.6 Å². The summed E-state index contributed by atoms with van der Waals surface area (Å²) in [5, 5.41) is 0. The highest BCUT2D eigenvalue weighted by molar-refractivity contribution is 6.41. The molecule has 0 N–H and O–H groups in total. The second-order valence-electron chi connectivity index (χ2n) is 7.95. The maximum atomic E-state index is 6.12. The Morgan fingerprint density at radius 1 is 0.789 bits per heavy atom. The minimum absolute atomic E-state index is 0.0615. The molecule has 0 amide bonds. The monoisotopic (exact) mass is 268 g/mol. The standard InChI is InChI=1S/C15H34B2O2/c1-11(2)16-14(6,7)18-10-13(5)19-15(8,9)17-12(3)4/h11-13,16-17H,10H2,1-9H3. The van der Waals surface area contributed by atoms with Crippen LogP contribution in [0.5, 0.6) is 0 Å². The van der Waals surface area contributed by atoms with Crippen LogP contribution in [0.1, 0.15) is 62.3 Å². The fraction of sp³-hybridized carbons (Fsp3) is 1.00. The van der Waals surface area contributed by atoms with Crippen LogP contribution in [0.4, 0.5) is 0 Å². The molecule has 1 atom stereocenters. The highest BCUT2D eigenvalue weighted by Crippen LogP contribution is 2.19. The van der Waals surface area contributed by atoms with E-state index in [1.54, 1.807) is 0 Å².